The van der Waals surface area contributed by atoms with E-state index in [1.54, 1.807) is 30.6 Å². The first-order valence-electron chi connectivity index (χ1n) is 6.62. The van der Waals surface area contributed by atoms with Gasteiger partial charge in [0.1, 0.15) is 5.82 Å². The SMILES string of the molecule is CC(c1cccnc1)N(C)CC(O)c1ccccc1F. The molecule has 4 heteroatoms. The summed E-state index contributed by atoms with van der Waals surface area (Å²) in [6, 6.07) is 10.3. The van der Waals surface area contributed by atoms with Crippen LogP contribution in [0.1, 0.15) is 30.2 Å². The summed E-state index contributed by atoms with van der Waals surface area (Å²) in [6.07, 6.45) is 2.68. The molecule has 2 aromatic rings. The standard InChI is InChI=1S/C16H19FN2O/c1-12(13-6-5-9-18-10-13)19(2)11-16(20)14-7-3-4-8-15(14)17/h3-10,12,16,20H,11H2,1-2H3. The molecule has 1 aromatic heterocycles. The van der Waals surface area contributed by atoms with Gasteiger partial charge in [-0.3, -0.25) is 9.88 Å². The fourth-order valence-electron chi connectivity index (χ4n) is 2.15. The van der Waals surface area contributed by atoms with E-state index in [1.807, 2.05) is 31.0 Å². The lowest BCUT2D eigenvalue weighted by molar-refractivity contribution is 0.105. The van der Waals surface area contributed by atoms with E-state index in [4.69, 9.17) is 0 Å². The first-order valence-corrected chi connectivity index (χ1v) is 6.62. The van der Waals surface area contributed by atoms with E-state index in [0.29, 0.717) is 12.1 Å². The number of hydrogen-bond donors (Lipinski definition) is 1. The molecule has 0 bridgehead atoms. The van der Waals surface area contributed by atoms with E-state index in [2.05, 4.69) is 4.98 Å². The zero-order chi connectivity index (χ0) is 14.5. The maximum atomic E-state index is 13.6. The average molecular weight is 274 g/mol. The molecule has 0 aliphatic heterocycles. The summed E-state index contributed by atoms with van der Waals surface area (Å²) in [6.45, 7) is 2.39. The summed E-state index contributed by atoms with van der Waals surface area (Å²) in [5.41, 5.74) is 1.40. The molecular formula is C16H19FN2O. The molecule has 1 heterocycles. The highest BCUT2D eigenvalue weighted by molar-refractivity contribution is 5.20. The maximum Gasteiger partial charge on any atom is 0.129 e. The number of aromatic nitrogens is 1. The van der Waals surface area contributed by atoms with Crippen LogP contribution in [0.3, 0.4) is 0 Å². The minimum absolute atomic E-state index is 0.102. The Morgan fingerprint density at radius 1 is 1.25 bits per heavy atom. The second kappa shape index (κ2) is 6.59. The predicted molar refractivity (Wildman–Crippen MR) is 76.6 cm³/mol. The highest BCUT2D eigenvalue weighted by atomic mass is 19.1. The Kier molecular flexibility index (Phi) is 4.82. The number of nitrogens with zero attached hydrogens (tertiary/aromatic N) is 2. The van der Waals surface area contributed by atoms with Gasteiger partial charge in [-0.2, -0.15) is 0 Å². The van der Waals surface area contributed by atoms with E-state index >= 15 is 0 Å². The van der Waals surface area contributed by atoms with Crippen LogP contribution in [0.15, 0.2) is 48.8 Å². The van der Waals surface area contributed by atoms with Gasteiger partial charge in [-0.05, 0) is 31.7 Å². The van der Waals surface area contributed by atoms with E-state index in [0.717, 1.165) is 5.56 Å². The molecule has 106 valence electrons. The second-order valence-corrected chi connectivity index (χ2v) is 4.94. The van der Waals surface area contributed by atoms with Crippen molar-refractivity contribution in [3.63, 3.8) is 0 Å². The van der Waals surface area contributed by atoms with Crippen LogP contribution in [-0.4, -0.2) is 28.6 Å². The van der Waals surface area contributed by atoms with Gasteiger partial charge in [0.15, 0.2) is 0 Å². The molecular weight excluding hydrogens is 255 g/mol. The van der Waals surface area contributed by atoms with Gasteiger partial charge in [0.25, 0.3) is 0 Å². The largest absolute Gasteiger partial charge is 0.387 e. The van der Waals surface area contributed by atoms with Gasteiger partial charge in [-0.15, -0.1) is 0 Å². The topological polar surface area (TPSA) is 36.4 Å². The van der Waals surface area contributed by atoms with Crippen LogP contribution in [-0.2, 0) is 0 Å². The molecule has 3 nitrogen and oxygen atoms in total. The fraction of sp³-hybridized carbons (Fsp3) is 0.312. The zero-order valence-electron chi connectivity index (χ0n) is 11.7. The Balaban J connectivity index is 2.04. The number of aliphatic hydroxyl groups excluding tert-OH is 1. The number of rotatable bonds is 5. The summed E-state index contributed by atoms with van der Waals surface area (Å²) in [5.74, 6) is -0.373. The van der Waals surface area contributed by atoms with Crippen molar-refractivity contribution in [2.75, 3.05) is 13.6 Å². The second-order valence-electron chi connectivity index (χ2n) is 4.94. The van der Waals surface area contributed by atoms with E-state index in [9.17, 15) is 9.50 Å². The van der Waals surface area contributed by atoms with Gasteiger partial charge in [0, 0.05) is 30.5 Å². The van der Waals surface area contributed by atoms with Crippen molar-refractivity contribution >= 4 is 0 Å². The number of aliphatic hydroxyl groups is 1. The van der Waals surface area contributed by atoms with E-state index in [1.165, 1.54) is 6.07 Å². The summed E-state index contributed by atoms with van der Waals surface area (Å²) in [4.78, 5) is 6.07. The molecule has 0 amide bonds. The number of hydrogen-bond acceptors (Lipinski definition) is 3. The van der Waals surface area contributed by atoms with Crippen molar-refractivity contribution < 1.29 is 9.50 Å². The van der Waals surface area contributed by atoms with E-state index < -0.39 is 6.10 Å². The van der Waals surface area contributed by atoms with Crippen LogP contribution >= 0.6 is 0 Å². The molecule has 0 saturated heterocycles. The third kappa shape index (κ3) is 3.40. The van der Waals surface area contributed by atoms with Gasteiger partial charge in [-0.25, -0.2) is 4.39 Å². The van der Waals surface area contributed by atoms with Crippen LogP contribution in [0.4, 0.5) is 4.39 Å². The van der Waals surface area contributed by atoms with Crippen molar-refractivity contribution in [2.24, 2.45) is 0 Å². The van der Waals surface area contributed by atoms with Crippen LogP contribution in [0.25, 0.3) is 0 Å². The first kappa shape index (κ1) is 14.6. The number of likely N-dealkylation sites (N-methyl/N-ethyl adjacent to an activating group) is 1. The van der Waals surface area contributed by atoms with Gasteiger partial charge >= 0.3 is 0 Å². The number of pyridine rings is 1. The van der Waals surface area contributed by atoms with Crippen molar-refractivity contribution in [1.82, 2.24) is 9.88 Å². The third-order valence-electron chi connectivity index (χ3n) is 3.55. The van der Waals surface area contributed by atoms with Crippen LogP contribution in [0.5, 0.6) is 0 Å². The lowest BCUT2D eigenvalue weighted by atomic mass is 10.1. The number of benzene rings is 1. The molecule has 0 saturated carbocycles. The summed E-state index contributed by atoms with van der Waals surface area (Å²) in [7, 11) is 1.90. The Morgan fingerprint density at radius 3 is 2.65 bits per heavy atom. The summed E-state index contributed by atoms with van der Waals surface area (Å²) < 4.78 is 13.6. The molecule has 2 atom stereocenters. The highest BCUT2D eigenvalue weighted by Gasteiger charge is 2.18. The van der Waals surface area contributed by atoms with Gasteiger partial charge in [0.2, 0.25) is 0 Å². The molecule has 20 heavy (non-hydrogen) atoms. The third-order valence-corrected chi connectivity index (χ3v) is 3.55. The fourth-order valence-corrected chi connectivity index (χ4v) is 2.15. The van der Waals surface area contributed by atoms with Crippen LogP contribution < -0.4 is 0 Å². The minimum Gasteiger partial charge on any atom is -0.387 e. The average Bonchev–Trinajstić information content (AvgIpc) is 2.47. The van der Waals surface area contributed by atoms with Crippen molar-refractivity contribution in [3.05, 3.63) is 65.7 Å². The van der Waals surface area contributed by atoms with Crippen molar-refractivity contribution in [3.8, 4) is 0 Å². The summed E-state index contributed by atoms with van der Waals surface area (Å²) >= 11 is 0. The molecule has 0 spiro atoms. The minimum atomic E-state index is -0.847. The van der Waals surface area contributed by atoms with Crippen LogP contribution in [0.2, 0.25) is 0 Å². The number of halogens is 1. The Hall–Kier alpha value is -1.78. The molecule has 0 aliphatic carbocycles. The monoisotopic (exact) mass is 274 g/mol. The normalized spacial score (nSPS) is 14.2. The Morgan fingerprint density at radius 2 is 2.00 bits per heavy atom. The molecule has 0 radical (unpaired) electrons. The van der Waals surface area contributed by atoms with Gasteiger partial charge < -0.3 is 5.11 Å². The molecule has 2 rings (SSSR count). The smallest absolute Gasteiger partial charge is 0.129 e. The van der Waals surface area contributed by atoms with Gasteiger partial charge in [0.05, 0.1) is 6.10 Å². The molecule has 2 unspecified atom stereocenters. The zero-order valence-corrected chi connectivity index (χ0v) is 11.7. The molecule has 0 fully saturated rings. The van der Waals surface area contributed by atoms with Crippen molar-refractivity contribution in [2.45, 2.75) is 19.1 Å². The van der Waals surface area contributed by atoms with Crippen molar-refractivity contribution in [1.29, 1.82) is 0 Å². The quantitative estimate of drug-likeness (QED) is 0.910. The highest BCUT2D eigenvalue weighted by Crippen LogP contribution is 2.22. The predicted octanol–water partition coefficient (Wildman–Crippen LogP) is 2.95. The first-order chi connectivity index (χ1) is 9.59. The molecule has 0 aliphatic rings. The summed E-state index contributed by atoms with van der Waals surface area (Å²) in [5, 5.41) is 10.2. The molecule has 1 N–H and O–H groups in total. The lowest BCUT2D eigenvalue weighted by Gasteiger charge is -2.27. The van der Waals surface area contributed by atoms with E-state index in [-0.39, 0.29) is 11.9 Å². The maximum absolute atomic E-state index is 13.6. The Labute approximate surface area is 118 Å². The molecule has 1 aromatic carbocycles. The van der Waals surface area contributed by atoms with Crippen LogP contribution in [0, 0.1) is 5.82 Å². The van der Waals surface area contributed by atoms with Gasteiger partial charge in [-0.1, -0.05) is 24.3 Å². The lowest BCUT2D eigenvalue weighted by Crippen LogP contribution is -2.28. The Bertz CT molecular complexity index is 547.